The average Bonchev–Trinajstić information content (AvgIpc) is 3.00. The van der Waals surface area contributed by atoms with Crippen LogP contribution in [0.25, 0.3) is 0 Å². The molecule has 0 heterocycles. The minimum atomic E-state index is -5.07. The second-order valence-electron chi connectivity index (χ2n) is 12.9. The molecule has 0 aliphatic heterocycles. The Morgan fingerprint density at radius 2 is 1.43 bits per heavy atom. The first kappa shape index (κ1) is 41.7. The summed E-state index contributed by atoms with van der Waals surface area (Å²) in [6, 6.07) is 5.97. The molecule has 0 radical (unpaired) electrons. The van der Waals surface area contributed by atoms with E-state index in [9.17, 15) is 42.3 Å². The lowest BCUT2D eigenvalue weighted by Crippen LogP contribution is -2.52. The molecular formula is C35H54F3N3O6. The van der Waals surface area contributed by atoms with Gasteiger partial charge in [-0.2, -0.15) is 13.2 Å². The first-order chi connectivity index (χ1) is 22.1. The maximum absolute atomic E-state index is 13.5. The second-order valence-corrected chi connectivity index (χ2v) is 12.9. The number of amides is 3. The summed E-state index contributed by atoms with van der Waals surface area (Å²) < 4.78 is 39.7. The number of alkyl halides is 3. The first-order valence-corrected chi connectivity index (χ1v) is 16.8. The Labute approximate surface area is 277 Å². The summed E-state index contributed by atoms with van der Waals surface area (Å²) in [4.78, 5) is 63.9. The number of benzene rings is 1. The van der Waals surface area contributed by atoms with Crippen molar-refractivity contribution in [3.8, 4) is 0 Å². The number of aliphatic hydroxyl groups is 1. The molecule has 1 unspecified atom stereocenters. The summed E-state index contributed by atoms with van der Waals surface area (Å²) in [7, 11) is 0. The number of carbonyl (C=O) groups excluding carboxylic acids is 5. The molecule has 0 fully saturated rings. The van der Waals surface area contributed by atoms with Crippen molar-refractivity contribution in [2.24, 2.45) is 23.5 Å². The number of carbonyl (C=O) groups is 5. The van der Waals surface area contributed by atoms with Gasteiger partial charge in [-0.25, -0.2) is 0 Å². The molecule has 1 rings (SSSR count). The molecule has 1 aromatic rings. The van der Waals surface area contributed by atoms with E-state index >= 15 is 0 Å². The van der Waals surface area contributed by atoms with E-state index in [1.165, 1.54) is 26.2 Å². The zero-order chi connectivity index (χ0) is 35.6. The van der Waals surface area contributed by atoms with E-state index in [1.54, 1.807) is 30.3 Å². The number of hydrogen-bond acceptors (Lipinski definition) is 6. The number of primary amides is 1. The lowest BCUT2D eigenvalue weighted by molar-refractivity contribution is -0.213. The van der Waals surface area contributed by atoms with Crippen LogP contribution in [0.15, 0.2) is 30.3 Å². The maximum atomic E-state index is 13.5. The van der Waals surface area contributed by atoms with Gasteiger partial charge in [0.15, 0.2) is 11.9 Å². The Bertz CT molecular complexity index is 1130. The predicted octanol–water partition coefficient (Wildman–Crippen LogP) is 5.35. The summed E-state index contributed by atoms with van der Waals surface area (Å²) in [5.41, 5.74) is 5.78. The quantitative estimate of drug-likeness (QED) is 0.109. The highest BCUT2D eigenvalue weighted by atomic mass is 19.4. The second kappa shape index (κ2) is 21.6. The van der Waals surface area contributed by atoms with Gasteiger partial charge in [-0.15, -0.1) is 0 Å². The van der Waals surface area contributed by atoms with Crippen LogP contribution in [-0.4, -0.2) is 58.8 Å². The Balaban J connectivity index is 2.97. The van der Waals surface area contributed by atoms with Crippen LogP contribution < -0.4 is 16.4 Å². The van der Waals surface area contributed by atoms with Crippen LogP contribution in [0.1, 0.15) is 110 Å². The van der Waals surface area contributed by atoms with E-state index < -0.39 is 79.0 Å². The van der Waals surface area contributed by atoms with Gasteiger partial charge < -0.3 is 21.5 Å². The lowest BCUT2D eigenvalue weighted by atomic mass is 9.87. The number of nitrogens with two attached hydrogens (primary N) is 1. The molecule has 0 aliphatic carbocycles. The number of aliphatic hydroxyl groups excluding tert-OH is 1. The maximum Gasteiger partial charge on any atom is 0.416 e. The van der Waals surface area contributed by atoms with Gasteiger partial charge in [-0.05, 0) is 30.7 Å². The topological polar surface area (TPSA) is 156 Å². The molecule has 5 atom stereocenters. The standard InChI is InChI=1S/C35H54F3N3O6/c1-5-6-7-8-9-10-14-17-26(42)22-27(23(2)3)34(47)41-29(21-25-15-12-11-13-16-25)30(43)20-24(4)33(46)40-28(18-19-31(39)44)32(45)35(36,37)38/h11-13,15-16,23-24,27-29,32,45H,5-10,14,17-22H2,1-4H3,(H2,39,44)(H,40,46)(H,41,47)/t24-,27+,28+,29+,32?/m1/s1. The van der Waals surface area contributed by atoms with Crippen molar-refractivity contribution < 1.29 is 42.3 Å². The third kappa shape index (κ3) is 16.9. The van der Waals surface area contributed by atoms with Gasteiger partial charge in [0.1, 0.15) is 5.78 Å². The van der Waals surface area contributed by atoms with E-state index in [1.807, 2.05) is 13.8 Å². The average molecular weight is 670 g/mol. The molecule has 47 heavy (non-hydrogen) atoms. The summed E-state index contributed by atoms with van der Waals surface area (Å²) in [5, 5.41) is 14.7. The molecule has 0 bridgehead atoms. The van der Waals surface area contributed by atoms with Crippen molar-refractivity contribution in [1.29, 1.82) is 0 Å². The molecule has 0 spiro atoms. The van der Waals surface area contributed by atoms with E-state index in [-0.39, 0.29) is 24.5 Å². The molecule has 3 amide bonds. The van der Waals surface area contributed by atoms with Crippen molar-refractivity contribution in [3.63, 3.8) is 0 Å². The monoisotopic (exact) mass is 669 g/mol. The van der Waals surface area contributed by atoms with Crippen LogP contribution in [0.2, 0.25) is 0 Å². The highest BCUT2D eigenvalue weighted by Crippen LogP contribution is 2.25. The van der Waals surface area contributed by atoms with E-state index in [4.69, 9.17) is 5.73 Å². The summed E-state index contributed by atoms with van der Waals surface area (Å²) in [6.07, 6.45) is -1.49. The predicted molar refractivity (Wildman–Crippen MR) is 174 cm³/mol. The number of rotatable bonds is 24. The van der Waals surface area contributed by atoms with Gasteiger partial charge in [-0.3, -0.25) is 24.0 Å². The lowest BCUT2D eigenvalue weighted by Gasteiger charge is -2.27. The fourth-order valence-electron chi connectivity index (χ4n) is 5.33. The van der Waals surface area contributed by atoms with Crippen LogP contribution >= 0.6 is 0 Å². The number of nitrogens with one attached hydrogen (secondary N) is 2. The fourth-order valence-corrected chi connectivity index (χ4v) is 5.33. The van der Waals surface area contributed by atoms with Gasteiger partial charge >= 0.3 is 6.18 Å². The van der Waals surface area contributed by atoms with Crippen molar-refractivity contribution in [2.45, 2.75) is 136 Å². The first-order valence-electron chi connectivity index (χ1n) is 16.8. The molecule has 0 saturated carbocycles. The minimum absolute atomic E-state index is 0.0180. The molecule has 9 nitrogen and oxygen atoms in total. The van der Waals surface area contributed by atoms with Gasteiger partial charge in [0.05, 0.1) is 12.1 Å². The van der Waals surface area contributed by atoms with E-state index in [2.05, 4.69) is 17.6 Å². The zero-order valence-electron chi connectivity index (χ0n) is 28.2. The molecule has 1 aromatic carbocycles. The Morgan fingerprint density at radius 3 is 1.98 bits per heavy atom. The van der Waals surface area contributed by atoms with Gasteiger partial charge in [0.25, 0.3) is 0 Å². The minimum Gasteiger partial charge on any atom is -0.382 e. The van der Waals surface area contributed by atoms with Gasteiger partial charge in [0, 0.05) is 37.5 Å². The Kier molecular flexibility index (Phi) is 19.2. The molecule has 0 aliphatic rings. The smallest absolute Gasteiger partial charge is 0.382 e. The molecule has 5 N–H and O–H groups in total. The Hall–Kier alpha value is -3.28. The van der Waals surface area contributed by atoms with Crippen molar-refractivity contribution >= 4 is 29.3 Å². The van der Waals surface area contributed by atoms with Crippen LogP contribution in [-0.2, 0) is 30.4 Å². The fraction of sp³-hybridized carbons (Fsp3) is 0.686. The zero-order valence-corrected chi connectivity index (χ0v) is 28.2. The third-order valence-electron chi connectivity index (χ3n) is 8.34. The van der Waals surface area contributed by atoms with Crippen LogP contribution in [0, 0.1) is 17.8 Å². The van der Waals surface area contributed by atoms with E-state index in [0.29, 0.717) is 6.42 Å². The van der Waals surface area contributed by atoms with Crippen molar-refractivity contribution in [1.82, 2.24) is 10.6 Å². The highest BCUT2D eigenvalue weighted by molar-refractivity contribution is 5.94. The number of ketones is 2. The van der Waals surface area contributed by atoms with E-state index in [0.717, 1.165) is 31.2 Å². The van der Waals surface area contributed by atoms with Gasteiger partial charge in [0.2, 0.25) is 17.7 Å². The third-order valence-corrected chi connectivity index (χ3v) is 8.34. The SMILES string of the molecule is CCCCCCCCCC(=O)C[C@H](C(=O)N[C@@H](Cc1ccccc1)C(=O)C[C@@H](C)C(=O)N[C@@H](CCC(N)=O)C(O)C(F)(F)F)C(C)C. The molecular weight excluding hydrogens is 615 g/mol. The number of Topliss-reactive ketones (excluding diaryl/α,β-unsaturated/α-hetero) is 2. The highest BCUT2D eigenvalue weighted by Gasteiger charge is 2.44. The summed E-state index contributed by atoms with van der Waals surface area (Å²) in [5.74, 6) is -4.83. The molecule has 0 saturated heterocycles. The van der Waals surface area contributed by atoms with Crippen molar-refractivity contribution in [3.05, 3.63) is 35.9 Å². The number of halogens is 3. The van der Waals surface area contributed by atoms with Crippen LogP contribution in [0.4, 0.5) is 13.2 Å². The molecule has 12 heteroatoms. The normalized spacial score (nSPS) is 14.9. The summed E-state index contributed by atoms with van der Waals surface area (Å²) in [6.45, 7) is 7.16. The van der Waals surface area contributed by atoms with Gasteiger partial charge in [-0.1, -0.05) is 96.6 Å². The summed E-state index contributed by atoms with van der Waals surface area (Å²) >= 11 is 0. The van der Waals surface area contributed by atoms with Crippen LogP contribution in [0.5, 0.6) is 0 Å². The Morgan fingerprint density at radius 1 is 0.830 bits per heavy atom. The number of hydrogen-bond donors (Lipinski definition) is 4. The van der Waals surface area contributed by atoms with Crippen LogP contribution in [0.3, 0.4) is 0 Å². The molecule has 266 valence electrons. The largest absolute Gasteiger partial charge is 0.416 e. The molecule has 0 aromatic heterocycles. The van der Waals surface area contributed by atoms with Crippen molar-refractivity contribution in [2.75, 3.05) is 0 Å². The number of unbranched alkanes of at least 4 members (excludes halogenated alkanes) is 6.